The molecule has 5 heteroatoms. The van der Waals surface area contributed by atoms with E-state index in [-0.39, 0.29) is 0 Å². The lowest BCUT2D eigenvalue weighted by Crippen LogP contribution is -2.00. The van der Waals surface area contributed by atoms with Gasteiger partial charge in [-0.05, 0) is 84.9 Å². The molecule has 5 nitrogen and oxygen atoms in total. The van der Waals surface area contributed by atoms with Crippen LogP contribution in [0, 0.1) is 11.3 Å². The standard InChI is InChI=1S/C43H25N5/c44-25-27-6-8-33(9-7-27)41-46-42(34-16-10-28(11-17-34)36-5-2-24-45-26-36)48-43(47-41)35-18-12-29(13-19-35)37-22-20-32-15-14-30-3-1-4-31-21-23-38(37)40(32)39(30)31/h1-24,26H. The fourth-order valence-electron chi connectivity index (χ4n) is 6.59. The Morgan fingerprint density at radius 1 is 0.417 bits per heavy atom. The van der Waals surface area contributed by atoms with Crippen molar-refractivity contribution in [1.82, 2.24) is 19.9 Å². The number of aromatic nitrogens is 4. The van der Waals surface area contributed by atoms with Gasteiger partial charge >= 0.3 is 0 Å². The molecule has 0 saturated heterocycles. The fourth-order valence-corrected chi connectivity index (χ4v) is 6.59. The molecular formula is C43H25N5. The summed E-state index contributed by atoms with van der Waals surface area (Å²) in [6.07, 6.45) is 3.62. The number of rotatable bonds is 5. The van der Waals surface area contributed by atoms with Gasteiger partial charge < -0.3 is 0 Å². The molecule has 222 valence electrons. The van der Waals surface area contributed by atoms with Crippen molar-refractivity contribution in [1.29, 1.82) is 5.26 Å². The van der Waals surface area contributed by atoms with Crippen LogP contribution in [0.4, 0.5) is 0 Å². The molecule has 0 bridgehead atoms. The Bertz CT molecular complexity index is 2620. The predicted octanol–water partition coefficient (Wildman–Crippen LogP) is 10.4. The third-order valence-electron chi connectivity index (χ3n) is 9.03. The second-order valence-corrected chi connectivity index (χ2v) is 11.9. The van der Waals surface area contributed by atoms with E-state index in [1.54, 1.807) is 18.3 Å². The maximum Gasteiger partial charge on any atom is 0.164 e. The van der Waals surface area contributed by atoms with Crippen LogP contribution in [0.25, 0.3) is 88.7 Å². The highest BCUT2D eigenvalue weighted by molar-refractivity contribution is 6.25. The minimum absolute atomic E-state index is 0.548. The van der Waals surface area contributed by atoms with Gasteiger partial charge in [-0.25, -0.2) is 15.0 Å². The molecule has 9 aromatic rings. The molecule has 0 N–H and O–H groups in total. The molecule has 48 heavy (non-hydrogen) atoms. The first-order valence-electron chi connectivity index (χ1n) is 15.8. The molecule has 2 heterocycles. The maximum absolute atomic E-state index is 9.33. The SMILES string of the molecule is N#Cc1ccc(-c2nc(-c3ccc(-c4cccnc4)cc3)nc(-c3ccc(-c4ccc5ccc6cccc7ccc4c5c67)cc3)n2)cc1. The van der Waals surface area contributed by atoms with E-state index in [2.05, 4.69) is 102 Å². The highest BCUT2D eigenvalue weighted by Crippen LogP contribution is 2.39. The van der Waals surface area contributed by atoms with E-state index in [4.69, 9.17) is 15.0 Å². The zero-order chi connectivity index (χ0) is 32.0. The molecule has 0 saturated carbocycles. The largest absolute Gasteiger partial charge is 0.264 e. The summed E-state index contributed by atoms with van der Waals surface area (Å²) in [6.45, 7) is 0. The molecule has 0 unspecified atom stereocenters. The van der Waals surface area contributed by atoms with Gasteiger partial charge in [0.25, 0.3) is 0 Å². The molecule has 0 atom stereocenters. The van der Waals surface area contributed by atoms with E-state index in [1.165, 1.54) is 37.9 Å². The van der Waals surface area contributed by atoms with E-state index in [0.29, 0.717) is 23.0 Å². The van der Waals surface area contributed by atoms with Crippen LogP contribution in [0.15, 0.2) is 152 Å². The average molecular weight is 612 g/mol. The van der Waals surface area contributed by atoms with Crippen LogP contribution < -0.4 is 0 Å². The van der Waals surface area contributed by atoms with Gasteiger partial charge in [0.15, 0.2) is 17.5 Å². The van der Waals surface area contributed by atoms with Crippen molar-refractivity contribution in [3.05, 3.63) is 157 Å². The van der Waals surface area contributed by atoms with Gasteiger partial charge in [-0.1, -0.05) is 109 Å². The van der Waals surface area contributed by atoms with Crippen LogP contribution in [0.3, 0.4) is 0 Å². The lowest BCUT2D eigenvalue weighted by molar-refractivity contribution is 1.07. The number of nitriles is 1. The fraction of sp³-hybridized carbons (Fsp3) is 0. The van der Waals surface area contributed by atoms with E-state index in [1.807, 2.05) is 42.6 Å². The Morgan fingerprint density at radius 2 is 0.938 bits per heavy atom. The lowest BCUT2D eigenvalue weighted by Gasteiger charge is -2.14. The molecule has 0 fully saturated rings. The number of hydrogen-bond donors (Lipinski definition) is 0. The summed E-state index contributed by atoms with van der Waals surface area (Å²) in [5.41, 5.74) is 7.60. The van der Waals surface area contributed by atoms with E-state index in [0.717, 1.165) is 33.4 Å². The van der Waals surface area contributed by atoms with Crippen LogP contribution in [0.5, 0.6) is 0 Å². The summed E-state index contributed by atoms with van der Waals surface area (Å²) < 4.78 is 0. The second-order valence-electron chi connectivity index (χ2n) is 11.9. The summed E-state index contributed by atoms with van der Waals surface area (Å²) in [5.74, 6) is 1.71. The molecule has 0 spiro atoms. The quantitative estimate of drug-likeness (QED) is 0.181. The van der Waals surface area contributed by atoms with Crippen molar-refractivity contribution >= 4 is 32.3 Å². The first-order valence-corrected chi connectivity index (χ1v) is 15.8. The van der Waals surface area contributed by atoms with Crippen molar-refractivity contribution in [2.24, 2.45) is 0 Å². The van der Waals surface area contributed by atoms with E-state index in [9.17, 15) is 5.26 Å². The summed E-state index contributed by atoms with van der Waals surface area (Å²) in [6, 6.07) is 50.0. The zero-order valence-corrected chi connectivity index (χ0v) is 25.7. The van der Waals surface area contributed by atoms with Crippen LogP contribution in [-0.2, 0) is 0 Å². The van der Waals surface area contributed by atoms with E-state index >= 15 is 0 Å². The Hall–Kier alpha value is -6.77. The van der Waals surface area contributed by atoms with Crippen LogP contribution in [0.2, 0.25) is 0 Å². The van der Waals surface area contributed by atoms with Gasteiger partial charge in [0.05, 0.1) is 11.6 Å². The molecule has 0 aliphatic carbocycles. The van der Waals surface area contributed by atoms with Gasteiger partial charge in [0.1, 0.15) is 0 Å². The first kappa shape index (κ1) is 27.5. The van der Waals surface area contributed by atoms with Gasteiger partial charge in [-0.3, -0.25) is 4.98 Å². The number of nitrogens with zero attached hydrogens (tertiary/aromatic N) is 5. The van der Waals surface area contributed by atoms with Gasteiger partial charge in [-0.15, -0.1) is 0 Å². The van der Waals surface area contributed by atoms with Crippen molar-refractivity contribution < 1.29 is 0 Å². The molecule has 0 aliphatic rings. The first-order chi connectivity index (χ1) is 23.7. The van der Waals surface area contributed by atoms with Crippen molar-refractivity contribution in [3.63, 3.8) is 0 Å². The number of pyridine rings is 1. The summed E-state index contributed by atoms with van der Waals surface area (Å²) in [7, 11) is 0. The molecule has 0 aliphatic heterocycles. The molecule has 0 radical (unpaired) electrons. The normalized spacial score (nSPS) is 11.3. The topological polar surface area (TPSA) is 75.3 Å². The molecule has 2 aromatic heterocycles. The van der Waals surface area contributed by atoms with Crippen LogP contribution in [-0.4, -0.2) is 19.9 Å². The molecule has 9 rings (SSSR count). The molecule has 7 aromatic carbocycles. The third-order valence-corrected chi connectivity index (χ3v) is 9.03. The smallest absolute Gasteiger partial charge is 0.164 e. The minimum Gasteiger partial charge on any atom is -0.264 e. The number of benzene rings is 7. The Labute approximate surface area is 276 Å². The monoisotopic (exact) mass is 611 g/mol. The maximum atomic E-state index is 9.33. The highest BCUT2D eigenvalue weighted by atomic mass is 15.0. The zero-order valence-electron chi connectivity index (χ0n) is 25.7. The summed E-state index contributed by atoms with van der Waals surface area (Å²) in [5, 5.41) is 16.9. The summed E-state index contributed by atoms with van der Waals surface area (Å²) >= 11 is 0. The lowest BCUT2D eigenvalue weighted by atomic mass is 9.90. The number of hydrogen-bond acceptors (Lipinski definition) is 5. The second kappa shape index (κ2) is 11.2. The highest BCUT2D eigenvalue weighted by Gasteiger charge is 2.15. The van der Waals surface area contributed by atoms with Crippen LogP contribution in [0.1, 0.15) is 5.56 Å². The predicted molar refractivity (Wildman–Crippen MR) is 193 cm³/mol. The van der Waals surface area contributed by atoms with Crippen molar-refractivity contribution in [2.45, 2.75) is 0 Å². The Kier molecular flexibility index (Phi) is 6.45. The van der Waals surface area contributed by atoms with Gasteiger partial charge in [0.2, 0.25) is 0 Å². The summed E-state index contributed by atoms with van der Waals surface area (Å²) in [4.78, 5) is 19.0. The van der Waals surface area contributed by atoms with Gasteiger partial charge in [-0.2, -0.15) is 5.26 Å². The molecule has 0 amide bonds. The Balaban J connectivity index is 1.13. The van der Waals surface area contributed by atoms with E-state index < -0.39 is 0 Å². The average Bonchev–Trinajstić information content (AvgIpc) is 3.17. The third kappa shape index (κ3) is 4.72. The Morgan fingerprint density at radius 3 is 1.52 bits per heavy atom. The molecular weight excluding hydrogens is 587 g/mol. The minimum atomic E-state index is 0.548. The van der Waals surface area contributed by atoms with Crippen molar-refractivity contribution in [3.8, 4) is 62.5 Å². The van der Waals surface area contributed by atoms with Crippen LogP contribution >= 0.6 is 0 Å². The van der Waals surface area contributed by atoms with Crippen molar-refractivity contribution in [2.75, 3.05) is 0 Å². The van der Waals surface area contributed by atoms with Gasteiger partial charge in [0, 0.05) is 29.1 Å².